The summed E-state index contributed by atoms with van der Waals surface area (Å²) in [4.78, 5) is 10.2. The van der Waals surface area contributed by atoms with Crippen LogP contribution < -0.4 is 0 Å². The van der Waals surface area contributed by atoms with E-state index in [2.05, 4.69) is 0 Å². The Morgan fingerprint density at radius 2 is 1.93 bits per heavy atom. The number of carbonyl (C=O) groups excluding carboxylic acids is 1. The van der Waals surface area contributed by atoms with Gasteiger partial charge in [0.2, 0.25) is 0 Å². The summed E-state index contributed by atoms with van der Waals surface area (Å²) in [5.74, 6) is 0.343. The molecule has 0 aromatic rings. The number of aliphatic hydroxyl groups is 1. The van der Waals surface area contributed by atoms with Crippen molar-refractivity contribution in [2.24, 2.45) is 0 Å². The third-order valence-corrected chi connectivity index (χ3v) is 2.31. The molecule has 84 valence electrons. The molecule has 1 aliphatic rings. The molecule has 14 heavy (non-hydrogen) atoms. The van der Waals surface area contributed by atoms with Crippen molar-refractivity contribution in [1.82, 2.24) is 0 Å². The van der Waals surface area contributed by atoms with Crippen LogP contribution in [0.1, 0.15) is 46.5 Å². The molecule has 0 radical (unpaired) electrons. The maximum Gasteiger partial charge on any atom is 0.132 e. The third-order valence-electron chi connectivity index (χ3n) is 2.31. The van der Waals surface area contributed by atoms with E-state index >= 15 is 0 Å². The Morgan fingerprint density at radius 3 is 2.07 bits per heavy atom. The highest BCUT2D eigenvalue weighted by molar-refractivity contribution is 5.77. The fourth-order valence-corrected chi connectivity index (χ4v) is 1.27. The van der Waals surface area contributed by atoms with Crippen molar-refractivity contribution in [3.63, 3.8) is 0 Å². The average molecular weight is 202 g/mol. The van der Waals surface area contributed by atoms with Crippen LogP contribution in [0.3, 0.4) is 0 Å². The van der Waals surface area contributed by atoms with Crippen LogP contribution in [0, 0.1) is 0 Å². The fraction of sp³-hybridized carbons (Fsp3) is 0.909. The minimum atomic E-state index is 0.130. The number of rotatable bonds is 3. The summed E-state index contributed by atoms with van der Waals surface area (Å²) in [5, 5.41) is 8.56. The van der Waals surface area contributed by atoms with Crippen LogP contribution in [0.2, 0.25) is 0 Å². The molecular weight excluding hydrogens is 180 g/mol. The van der Waals surface area contributed by atoms with E-state index in [-0.39, 0.29) is 12.7 Å². The molecular formula is C11H22O3. The number of hydrogen-bond acceptors (Lipinski definition) is 3. The Balaban J connectivity index is 0.000000255. The molecule has 0 saturated carbocycles. The lowest BCUT2D eigenvalue weighted by atomic mass is 10.2. The monoisotopic (exact) mass is 202 g/mol. The maximum atomic E-state index is 10.2. The Hall–Kier alpha value is -0.410. The van der Waals surface area contributed by atoms with Crippen LogP contribution in [-0.4, -0.2) is 29.7 Å². The molecule has 1 N–H and O–H groups in total. The molecule has 0 aromatic heterocycles. The molecule has 1 heterocycles. The van der Waals surface area contributed by atoms with E-state index in [4.69, 9.17) is 9.84 Å². The van der Waals surface area contributed by atoms with Crippen LogP contribution in [-0.2, 0) is 9.53 Å². The molecule has 1 aliphatic heterocycles. The van der Waals surface area contributed by atoms with Gasteiger partial charge in [-0.2, -0.15) is 0 Å². The lowest BCUT2D eigenvalue weighted by molar-refractivity contribution is -0.118. The standard InChI is InChI=1S/C6H12O2.C5H10O/c1-5-2-3-6(4-7)8-5;1-3-5(6)4-2/h5-7H,2-4H2,1H3;3-4H2,1-2H3. The van der Waals surface area contributed by atoms with Gasteiger partial charge in [-0.3, -0.25) is 4.79 Å². The maximum absolute atomic E-state index is 10.2. The van der Waals surface area contributed by atoms with Crippen molar-refractivity contribution in [2.45, 2.75) is 58.7 Å². The number of hydrogen-bond donors (Lipinski definition) is 1. The Kier molecular flexibility index (Phi) is 7.71. The van der Waals surface area contributed by atoms with Gasteiger partial charge < -0.3 is 9.84 Å². The molecule has 0 bridgehead atoms. The van der Waals surface area contributed by atoms with Crippen LogP contribution in [0.5, 0.6) is 0 Å². The van der Waals surface area contributed by atoms with Gasteiger partial charge in [-0.1, -0.05) is 13.8 Å². The first kappa shape index (κ1) is 13.6. The number of ketones is 1. The highest BCUT2D eigenvalue weighted by atomic mass is 16.5. The van der Waals surface area contributed by atoms with Gasteiger partial charge in [0.05, 0.1) is 18.8 Å². The third kappa shape index (κ3) is 6.11. The molecule has 1 fully saturated rings. The zero-order valence-electron chi connectivity index (χ0n) is 9.45. The van der Waals surface area contributed by atoms with Crippen molar-refractivity contribution >= 4 is 5.78 Å². The van der Waals surface area contributed by atoms with E-state index in [0.29, 0.717) is 24.7 Å². The molecule has 3 nitrogen and oxygen atoms in total. The van der Waals surface area contributed by atoms with E-state index in [1.165, 1.54) is 0 Å². The predicted octanol–water partition coefficient (Wildman–Crippen LogP) is 1.92. The topological polar surface area (TPSA) is 46.5 Å². The number of ether oxygens (including phenoxy) is 1. The number of carbonyl (C=O) groups is 1. The Morgan fingerprint density at radius 1 is 1.36 bits per heavy atom. The zero-order valence-corrected chi connectivity index (χ0v) is 9.45. The molecule has 0 amide bonds. The average Bonchev–Trinajstić information content (AvgIpc) is 2.64. The molecule has 0 aromatic carbocycles. The van der Waals surface area contributed by atoms with Crippen LogP contribution in [0.25, 0.3) is 0 Å². The van der Waals surface area contributed by atoms with Gasteiger partial charge in [-0.25, -0.2) is 0 Å². The summed E-state index contributed by atoms with van der Waals surface area (Å²) < 4.78 is 5.26. The van der Waals surface area contributed by atoms with Crippen molar-refractivity contribution in [3.8, 4) is 0 Å². The largest absolute Gasteiger partial charge is 0.394 e. The molecule has 0 aliphatic carbocycles. The summed E-state index contributed by atoms with van der Waals surface area (Å²) >= 11 is 0. The van der Waals surface area contributed by atoms with Gasteiger partial charge in [0.1, 0.15) is 5.78 Å². The molecule has 2 unspecified atom stereocenters. The van der Waals surface area contributed by atoms with E-state index in [1.807, 2.05) is 20.8 Å². The smallest absolute Gasteiger partial charge is 0.132 e. The second kappa shape index (κ2) is 7.94. The molecule has 3 heteroatoms. The second-order valence-corrected chi connectivity index (χ2v) is 3.57. The van der Waals surface area contributed by atoms with Crippen LogP contribution >= 0.6 is 0 Å². The van der Waals surface area contributed by atoms with Gasteiger partial charge in [0.15, 0.2) is 0 Å². The van der Waals surface area contributed by atoms with Gasteiger partial charge >= 0.3 is 0 Å². The molecule has 1 rings (SSSR count). The predicted molar refractivity (Wildman–Crippen MR) is 56.2 cm³/mol. The summed E-state index contributed by atoms with van der Waals surface area (Å²) in [7, 11) is 0. The first-order valence-electron chi connectivity index (χ1n) is 5.42. The summed E-state index contributed by atoms with van der Waals surface area (Å²) in [6.45, 7) is 5.98. The van der Waals surface area contributed by atoms with Crippen molar-refractivity contribution in [3.05, 3.63) is 0 Å². The Labute approximate surface area is 86.5 Å². The molecule has 1 saturated heterocycles. The number of Topliss-reactive ketones (excluding diaryl/α,β-unsaturated/α-hetero) is 1. The highest BCUT2D eigenvalue weighted by Crippen LogP contribution is 2.17. The molecule has 2 atom stereocenters. The lowest BCUT2D eigenvalue weighted by Gasteiger charge is -2.05. The van der Waals surface area contributed by atoms with Gasteiger partial charge in [-0.15, -0.1) is 0 Å². The van der Waals surface area contributed by atoms with Gasteiger partial charge in [0.25, 0.3) is 0 Å². The van der Waals surface area contributed by atoms with Crippen LogP contribution in [0.15, 0.2) is 0 Å². The van der Waals surface area contributed by atoms with Crippen LogP contribution in [0.4, 0.5) is 0 Å². The second-order valence-electron chi connectivity index (χ2n) is 3.57. The lowest BCUT2D eigenvalue weighted by Crippen LogP contribution is -2.11. The van der Waals surface area contributed by atoms with Crippen molar-refractivity contribution in [2.75, 3.05) is 6.61 Å². The van der Waals surface area contributed by atoms with Crippen molar-refractivity contribution < 1.29 is 14.6 Å². The first-order chi connectivity index (χ1) is 6.63. The first-order valence-corrected chi connectivity index (χ1v) is 5.42. The fourth-order valence-electron chi connectivity index (χ4n) is 1.27. The molecule has 0 spiro atoms. The van der Waals surface area contributed by atoms with E-state index < -0.39 is 0 Å². The quantitative estimate of drug-likeness (QED) is 0.760. The van der Waals surface area contributed by atoms with E-state index in [0.717, 1.165) is 12.8 Å². The van der Waals surface area contributed by atoms with E-state index in [9.17, 15) is 4.79 Å². The van der Waals surface area contributed by atoms with E-state index in [1.54, 1.807) is 0 Å². The summed E-state index contributed by atoms with van der Waals surface area (Å²) in [5.41, 5.74) is 0. The minimum Gasteiger partial charge on any atom is -0.394 e. The SMILES string of the molecule is CC1CCC(CO)O1.CCC(=O)CC. The summed E-state index contributed by atoms with van der Waals surface area (Å²) in [6.07, 6.45) is 4.01. The Bertz CT molecular complexity index is 151. The minimum absolute atomic E-state index is 0.130. The zero-order chi connectivity index (χ0) is 11.0. The van der Waals surface area contributed by atoms with Crippen molar-refractivity contribution in [1.29, 1.82) is 0 Å². The highest BCUT2D eigenvalue weighted by Gasteiger charge is 2.19. The summed E-state index contributed by atoms with van der Waals surface area (Å²) in [6, 6.07) is 0. The normalized spacial score (nSPS) is 25.4. The van der Waals surface area contributed by atoms with Gasteiger partial charge in [0, 0.05) is 12.8 Å². The number of aliphatic hydroxyl groups excluding tert-OH is 1. The van der Waals surface area contributed by atoms with Gasteiger partial charge in [-0.05, 0) is 19.8 Å².